The Bertz CT molecular complexity index is 316. The second-order valence-electron chi connectivity index (χ2n) is 3.36. The van der Waals surface area contributed by atoms with Crippen LogP contribution in [0.25, 0.3) is 0 Å². The Morgan fingerprint density at radius 1 is 1.77 bits per heavy atom. The van der Waals surface area contributed by atoms with Crippen molar-refractivity contribution in [2.75, 3.05) is 12.3 Å². The molecule has 1 amide bonds. The summed E-state index contributed by atoms with van der Waals surface area (Å²) in [4.78, 5) is 11.4. The second-order valence-corrected chi connectivity index (χ2v) is 3.36. The summed E-state index contributed by atoms with van der Waals surface area (Å²) < 4.78 is 0. The van der Waals surface area contributed by atoms with Crippen molar-refractivity contribution in [2.45, 2.75) is 12.8 Å². The van der Waals surface area contributed by atoms with E-state index in [9.17, 15) is 4.79 Å². The summed E-state index contributed by atoms with van der Waals surface area (Å²) in [5.74, 6) is 0.900. The summed E-state index contributed by atoms with van der Waals surface area (Å²) in [5.41, 5.74) is 5.79. The maximum absolute atomic E-state index is 11.4. The third-order valence-corrected chi connectivity index (χ3v) is 2.09. The smallest absolute Gasteiger partial charge is 0.269 e. The van der Waals surface area contributed by atoms with E-state index >= 15 is 0 Å². The van der Waals surface area contributed by atoms with Crippen LogP contribution in [-0.4, -0.2) is 22.6 Å². The molecule has 1 aromatic rings. The lowest BCUT2D eigenvalue weighted by atomic mass is 10.3. The standard InChI is InChI=1S/C8H12N4O/c9-7-3-6(11-12-7)8(13)10-4-5-1-2-5/h3,5H,1-2,4H2,(H,10,13)(H3,9,11,12). The van der Waals surface area contributed by atoms with Crippen LogP contribution >= 0.6 is 0 Å². The highest BCUT2D eigenvalue weighted by Gasteiger charge is 2.22. The van der Waals surface area contributed by atoms with E-state index in [1.807, 2.05) is 0 Å². The second kappa shape index (κ2) is 3.08. The largest absolute Gasteiger partial charge is 0.382 e. The Morgan fingerprint density at radius 3 is 3.08 bits per heavy atom. The van der Waals surface area contributed by atoms with Crippen LogP contribution in [0.2, 0.25) is 0 Å². The lowest BCUT2D eigenvalue weighted by Crippen LogP contribution is -2.25. The molecule has 4 N–H and O–H groups in total. The van der Waals surface area contributed by atoms with Gasteiger partial charge in [0.25, 0.3) is 5.91 Å². The zero-order chi connectivity index (χ0) is 9.26. The van der Waals surface area contributed by atoms with E-state index in [2.05, 4.69) is 15.5 Å². The molecule has 1 saturated carbocycles. The first kappa shape index (κ1) is 8.10. The molecular weight excluding hydrogens is 168 g/mol. The van der Waals surface area contributed by atoms with Gasteiger partial charge in [-0.15, -0.1) is 0 Å². The van der Waals surface area contributed by atoms with E-state index in [1.165, 1.54) is 18.9 Å². The minimum absolute atomic E-state index is 0.129. The third-order valence-electron chi connectivity index (χ3n) is 2.09. The molecule has 2 rings (SSSR count). The number of hydrogen-bond donors (Lipinski definition) is 3. The fourth-order valence-corrected chi connectivity index (χ4v) is 1.11. The molecule has 1 aromatic heterocycles. The highest BCUT2D eigenvalue weighted by molar-refractivity contribution is 5.92. The van der Waals surface area contributed by atoms with Crippen molar-refractivity contribution in [1.82, 2.24) is 15.5 Å². The maximum Gasteiger partial charge on any atom is 0.269 e. The molecule has 13 heavy (non-hydrogen) atoms. The number of aromatic amines is 1. The molecule has 70 valence electrons. The molecule has 0 radical (unpaired) electrons. The van der Waals surface area contributed by atoms with Gasteiger partial charge in [0.15, 0.2) is 0 Å². The summed E-state index contributed by atoms with van der Waals surface area (Å²) in [6.07, 6.45) is 2.46. The van der Waals surface area contributed by atoms with E-state index in [4.69, 9.17) is 5.73 Å². The first-order chi connectivity index (χ1) is 6.25. The van der Waals surface area contributed by atoms with Gasteiger partial charge in [-0.05, 0) is 18.8 Å². The third kappa shape index (κ3) is 1.99. The fourth-order valence-electron chi connectivity index (χ4n) is 1.11. The van der Waals surface area contributed by atoms with Gasteiger partial charge >= 0.3 is 0 Å². The average molecular weight is 180 g/mol. The predicted molar refractivity (Wildman–Crippen MR) is 48.1 cm³/mol. The highest BCUT2D eigenvalue weighted by atomic mass is 16.1. The molecule has 0 unspecified atom stereocenters. The minimum atomic E-state index is -0.129. The number of nitrogen functional groups attached to an aromatic ring is 1. The molecule has 5 nitrogen and oxygen atoms in total. The number of anilines is 1. The van der Waals surface area contributed by atoms with Crippen LogP contribution in [0.5, 0.6) is 0 Å². The van der Waals surface area contributed by atoms with E-state index in [1.54, 1.807) is 0 Å². The van der Waals surface area contributed by atoms with Crippen LogP contribution in [0.3, 0.4) is 0 Å². The number of carbonyl (C=O) groups excluding carboxylic acids is 1. The lowest BCUT2D eigenvalue weighted by Gasteiger charge is -1.99. The van der Waals surface area contributed by atoms with Gasteiger partial charge in [-0.2, -0.15) is 5.10 Å². The van der Waals surface area contributed by atoms with Crippen LogP contribution < -0.4 is 11.1 Å². The van der Waals surface area contributed by atoms with Crippen molar-refractivity contribution in [3.8, 4) is 0 Å². The van der Waals surface area contributed by atoms with Gasteiger partial charge in [-0.25, -0.2) is 0 Å². The quantitative estimate of drug-likeness (QED) is 0.618. The van der Waals surface area contributed by atoms with Crippen molar-refractivity contribution < 1.29 is 4.79 Å². The van der Waals surface area contributed by atoms with Crippen molar-refractivity contribution in [1.29, 1.82) is 0 Å². The Hall–Kier alpha value is -1.52. The monoisotopic (exact) mass is 180 g/mol. The molecular formula is C8H12N4O. The number of rotatable bonds is 3. The number of nitrogens with one attached hydrogen (secondary N) is 2. The number of H-pyrrole nitrogens is 1. The number of hydrogen-bond acceptors (Lipinski definition) is 3. The average Bonchev–Trinajstić information content (AvgIpc) is 2.84. The molecule has 5 heteroatoms. The summed E-state index contributed by atoms with van der Waals surface area (Å²) >= 11 is 0. The molecule has 0 aliphatic heterocycles. The van der Waals surface area contributed by atoms with Crippen molar-refractivity contribution >= 4 is 11.7 Å². The normalized spacial score (nSPS) is 15.7. The Morgan fingerprint density at radius 2 is 2.54 bits per heavy atom. The molecule has 1 aliphatic carbocycles. The lowest BCUT2D eigenvalue weighted by molar-refractivity contribution is 0.0947. The summed E-state index contributed by atoms with van der Waals surface area (Å²) in [6, 6.07) is 1.53. The molecule has 0 aromatic carbocycles. The zero-order valence-electron chi connectivity index (χ0n) is 7.21. The molecule has 1 heterocycles. The Balaban J connectivity index is 1.88. The van der Waals surface area contributed by atoms with Crippen molar-refractivity contribution in [3.05, 3.63) is 11.8 Å². The van der Waals surface area contributed by atoms with Crippen LogP contribution in [0.1, 0.15) is 23.3 Å². The highest BCUT2D eigenvalue weighted by Crippen LogP contribution is 2.27. The number of aromatic nitrogens is 2. The molecule has 1 fully saturated rings. The summed E-state index contributed by atoms with van der Waals surface area (Å²) in [6.45, 7) is 0.762. The van der Waals surface area contributed by atoms with Gasteiger partial charge in [0, 0.05) is 12.6 Å². The van der Waals surface area contributed by atoms with Gasteiger partial charge in [0.2, 0.25) is 0 Å². The first-order valence-corrected chi connectivity index (χ1v) is 4.35. The van der Waals surface area contributed by atoms with Crippen LogP contribution in [0, 0.1) is 5.92 Å². The predicted octanol–water partition coefficient (Wildman–Crippen LogP) is 0.132. The molecule has 0 saturated heterocycles. The van der Waals surface area contributed by atoms with Crippen molar-refractivity contribution in [3.63, 3.8) is 0 Å². The van der Waals surface area contributed by atoms with Gasteiger partial charge < -0.3 is 11.1 Å². The first-order valence-electron chi connectivity index (χ1n) is 4.35. The van der Waals surface area contributed by atoms with Crippen LogP contribution in [0.15, 0.2) is 6.07 Å². The van der Waals surface area contributed by atoms with Crippen LogP contribution in [0.4, 0.5) is 5.82 Å². The van der Waals surface area contributed by atoms with E-state index < -0.39 is 0 Å². The SMILES string of the molecule is Nc1cc(C(=O)NCC2CC2)[nH]n1. The van der Waals surface area contributed by atoms with E-state index in [-0.39, 0.29) is 5.91 Å². The van der Waals surface area contributed by atoms with Gasteiger partial charge in [0.05, 0.1) is 0 Å². The van der Waals surface area contributed by atoms with E-state index in [0.29, 0.717) is 17.4 Å². The number of carbonyl (C=O) groups is 1. The Kier molecular flexibility index (Phi) is 1.92. The fraction of sp³-hybridized carbons (Fsp3) is 0.500. The van der Waals surface area contributed by atoms with Gasteiger partial charge in [-0.1, -0.05) is 0 Å². The topological polar surface area (TPSA) is 83.8 Å². The van der Waals surface area contributed by atoms with Gasteiger partial charge in [0.1, 0.15) is 11.5 Å². The molecule has 0 bridgehead atoms. The summed E-state index contributed by atoms with van der Waals surface area (Å²) in [7, 11) is 0. The molecule has 1 aliphatic rings. The van der Waals surface area contributed by atoms with Crippen molar-refractivity contribution in [2.24, 2.45) is 5.92 Å². The van der Waals surface area contributed by atoms with Gasteiger partial charge in [-0.3, -0.25) is 9.89 Å². The Labute approximate surface area is 75.7 Å². The maximum atomic E-state index is 11.4. The minimum Gasteiger partial charge on any atom is -0.382 e. The zero-order valence-corrected chi connectivity index (χ0v) is 7.21. The number of nitrogens with zero attached hydrogens (tertiary/aromatic N) is 1. The number of nitrogens with two attached hydrogens (primary N) is 1. The number of amides is 1. The molecule has 0 spiro atoms. The van der Waals surface area contributed by atoms with E-state index in [0.717, 1.165) is 6.54 Å². The summed E-state index contributed by atoms with van der Waals surface area (Å²) in [5, 5.41) is 9.04. The van der Waals surface area contributed by atoms with Crippen LogP contribution in [-0.2, 0) is 0 Å². The molecule has 0 atom stereocenters.